The summed E-state index contributed by atoms with van der Waals surface area (Å²) in [6, 6.07) is 5.88. The Morgan fingerprint density at radius 2 is 2.10 bits per heavy atom. The highest BCUT2D eigenvalue weighted by molar-refractivity contribution is 9.10. The minimum atomic E-state index is 0.144. The van der Waals surface area contributed by atoms with Gasteiger partial charge in [0.2, 0.25) is 0 Å². The number of thiophene rings is 1. The van der Waals surface area contributed by atoms with Crippen molar-refractivity contribution in [3.63, 3.8) is 0 Å². The number of rotatable bonds is 2. The zero-order valence-corrected chi connectivity index (χ0v) is 14.2. The molecule has 110 valence electrons. The van der Waals surface area contributed by atoms with Gasteiger partial charge in [0.05, 0.1) is 4.88 Å². The van der Waals surface area contributed by atoms with Gasteiger partial charge in [-0.3, -0.25) is 4.79 Å². The SMILES string of the molecule is Cc1cc(Br)cnc1N1CCN(C(=O)c2cccs2)CC1. The summed E-state index contributed by atoms with van der Waals surface area (Å²) in [5.41, 5.74) is 1.16. The topological polar surface area (TPSA) is 36.4 Å². The number of piperazine rings is 1. The molecule has 21 heavy (non-hydrogen) atoms. The van der Waals surface area contributed by atoms with Crippen molar-refractivity contribution in [3.05, 3.63) is 44.7 Å². The first kappa shape index (κ1) is 14.5. The van der Waals surface area contributed by atoms with Crippen LogP contribution in [0.3, 0.4) is 0 Å². The summed E-state index contributed by atoms with van der Waals surface area (Å²) in [5.74, 6) is 1.16. The molecule has 0 aromatic carbocycles. The van der Waals surface area contributed by atoms with Crippen LogP contribution in [-0.2, 0) is 0 Å². The lowest BCUT2D eigenvalue weighted by atomic mass is 10.2. The van der Waals surface area contributed by atoms with Gasteiger partial charge in [-0.2, -0.15) is 0 Å². The van der Waals surface area contributed by atoms with Crippen LogP contribution >= 0.6 is 27.3 Å². The minimum Gasteiger partial charge on any atom is -0.353 e. The maximum Gasteiger partial charge on any atom is 0.264 e. The van der Waals surface area contributed by atoms with Crippen LogP contribution in [0.15, 0.2) is 34.2 Å². The predicted molar refractivity (Wildman–Crippen MR) is 89.1 cm³/mol. The number of aromatic nitrogens is 1. The molecule has 0 saturated carbocycles. The van der Waals surface area contributed by atoms with E-state index < -0.39 is 0 Å². The van der Waals surface area contributed by atoms with Crippen molar-refractivity contribution in [1.29, 1.82) is 0 Å². The van der Waals surface area contributed by atoms with Crippen molar-refractivity contribution in [2.24, 2.45) is 0 Å². The molecule has 0 bridgehead atoms. The van der Waals surface area contributed by atoms with E-state index in [1.165, 1.54) is 11.3 Å². The van der Waals surface area contributed by atoms with Crippen molar-refractivity contribution in [1.82, 2.24) is 9.88 Å². The number of anilines is 1. The summed E-state index contributed by atoms with van der Waals surface area (Å²) in [6.45, 7) is 5.21. The fourth-order valence-electron chi connectivity index (χ4n) is 2.54. The number of amides is 1. The highest BCUT2D eigenvalue weighted by atomic mass is 79.9. The Kier molecular flexibility index (Phi) is 4.26. The molecule has 0 radical (unpaired) electrons. The zero-order valence-electron chi connectivity index (χ0n) is 11.8. The Morgan fingerprint density at radius 3 is 2.71 bits per heavy atom. The first-order chi connectivity index (χ1) is 10.1. The molecular formula is C15H16BrN3OS. The van der Waals surface area contributed by atoms with Crippen molar-refractivity contribution in [2.45, 2.75) is 6.92 Å². The summed E-state index contributed by atoms with van der Waals surface area (Å²) in [4.78, 5) is 21.8. The Balaban J connectivity index is 1.66. The summed E-state index contributed by atoms with van der Waals surface area (Å²) in [6.07, 6.45) is 1.82. The molecule has 2 aromatic heterocycles. The van der Waals surface area contributed by atoms with E-state index in [1.807, 2.05) is 28.6 Å². The molecule has 0 unspecified atom stereocenters. The van der Waals surface area contributed by atoms with E-state index in [-0.39, 0.29) is 5.91 Å². The number of pyridine rings is 1. The molecule has 0 aliphatic carbocycles. The third-order valence-electron chi connectivity index (χ3n) is 3.62. The van der Waals surface area contributed by atoms with Crippen LogP contribution < -0.4 is 4.90 Å². The molecule has 1 amide bonds. The molecule has 3 heterocycles. The van der Waals surface area contributed by atoms with E-state index in [0.29, 0.717) is 0 Å². The van der Waals surface area contributed by atoms with Crippen molar-refractivity contribution in [3.8, 4) is 0 Å². The number of halogens is 1. The van der Waals surface area contributed by atoms with Crippen LogP contribution in [0.25, 0.3) is 0 Å². The molecule has 2 aromatic rings. The average molecular weight is 366 g/mol. The molecule has 0 atom stereocenters. The van der Waals surface area contributed by atoms with Gasteiger partial charge in [0, 0.05) is 36.8 Å². The summed E-state index contributed by atoms with van der Waals surface area (Å²) >= 11 is 4.94. The van der Waals surface area contributed by atoms with Crippen molar-refractivity contribution < 1.29 is 4.79 Å². The first-order valence-electron chi connectivity index (χ1n) is 6.85. The standard InChI is InChI=1S/C15H16BrN3OS/c1-11-9-12(16)10-17-14(11)18-4-6-19(7-5-18)15(20)13-3-2-8-21-13/h2-3,8-10H,4-7H2,1H3. The molecule has 1 saturated heterocycles. The van der Waals surface area contributed by atoms with Crippen LogP contribution in [0.2, 0.25) is 0 Å². The van der Waals surface area contributed by atoms with Gasteiger partial charge in [0.1, 0.15) is 5.82 Å². The van der Waals surface area contributed by atoms with Gasteiger partial charge in [-0.25, -0.2) is 4.98 Å². The first-order valence-corrected chi connectivity index (χ1v) is 8.52. The smallest absolute Gasteiger partial charge is 0.264 e. The molecule has 1 aliphatic heterocycles. The number of aryl methyl sites for hydroxylation is 1. The van der Waals surface area contributed by atoms with E-state index in [0.717, 1.165) is 46.9 Å². The Hall–Kier alpha value is -1.40. The molecule has 1 fully saturated rings. The summed E-state index contributed by atoms with van der Waals surface area (Å²) < 4.78 is 0.996. The monoisotopic (exact) mass is 365 g/mol. The third-order valence-corrected chi connectivity index (χ3v) is 4.91. The number of hydrogen-bond acceptors (Lipinski definition) is 4. The molecule has 3 rings (SSSR count). The van der Waals surface area contributed by atoms with E-state index in [4.69, 9.17) is 0 Å². The maximum absolute atomic E-state index is 12.3. The maximum atomic E-state index is 12.3. The van der Waals surface area contributed by atoms with Gasteiger partial charge in [-0.15, -0.1) is 11.3 Å². The normalized spacial score (nSPS) is 15.3. The van der Waals surface area contributed by atoms with E-state index in [1.54, 1.807) is 0 Å². The quantitative estimate of drug-likeness (QED) is 0.819. The average Bonchev–Trinajstić information content (AvgIpc) is 3.01. The molecule has 0 spiro atoms. The second kappa shape index (κ2) is 6.15. The van der Waals surface area contributed by atoms with Crippen molar-refractivity contribution in [2.75, 3.05) is 31.1 Å². The number of carbonyl (C=O) groups is 1. The highest BCUT2D eigenvalue weighted by Crippen LogP contribution is 2.22. The van der Waals surface area contributed by atoms with E-state index in [9.17, 15) is 4.79 Å². The van der Waals surface area contributed by atoms with Crippen LogP contribution in [0.4, 0.5) is 5.82 Å². The second-order valence-corrected chi connectivity index (χ2v) is 6.91. The van der Waals surface area contributed by atoms with Gasteiger partial charge in [0.25, 0.3) is 5.91 Å². The van der Waals surface area contributed by atoms with E-state index >= 15 is 0 Å². The van der Waals surface area contributed by atoms with Crippen LogP contribution in [0, 0.1) is 6.92 Å². The lowest BCUT2D eigenvalue weighted by Crippen LogP contribution is -2.49. The lowest BCUT2D eigenvalue weighted by molar-refractivity contribution is 0.0751. The zero-order chi connectivity index (χ0) is 14.8. The number of nitrogens with zero attached hydrogens (tertiary/aromatic N) is 3. The van der Waals surface area contributed by atoms with Gasteiger partial charge >= 0.3 is 0 Å². The Bertz CT molecular complexity index is 636. The van der Waals surface area contributed by atoms with Gasteiger partial charge < -0.3 is 9.80 Å². The molecule has 0 N–H and O–H groups in total. The Morgan fingerprint density at radius 1 is 1.33 bits per heavy atom. The largest absolute Gasteiger partial charge is 0.353 e. The fourth-order valence-corrected chi connectivity index (χ4v) is 3.68. The predicted octanol–water partition coefficient (Wildman–Crippen LogP) is 3.18. The highest BCUT2D eigenvalue weighted by Gasteiger charge is 2.24. The van der Waals surface area contributed by atoms with Crippen LogP contribution in [-0.4, -0.2) is 42.0 Å². The Labute approximate surface area is 136 Å². The van der Waals surface area contributed by atoms with Crippen LogP contribution in [0.5, 0.6) is 0 Å². The molecule has 6 heteroatoms. The second-order valence-electron chi connectivity index (χ2n) is 5.05. The minimum absolute atomic E-state index is 0.144. The van der Waals surface area contributed by atoms with Gasteiger partial charge in [-0.1, -0.05) is 6.07 Å². The van der Waals surface area contributed by atoms with Gasteiger partial charge in [0.15, 0.2) is 0 Å². The van der Waals surface area contributed by atoms with Crippen molar-refractivity contribution >= 4 is 39.0 Å². The number of carbonyl (C=O) groups excluding carboxylic acids is 1. The molecule has 1 aliphatic rings. The molecular weight excluding hydrogens is 350 g/mol. The summed E-state index contributed by atoms with van der Waals surface area (Å²) in [5, 5.41) is 1.94. The van der Waals surface area contributed by atoms with E-state index in [2.05, 4.69) is 38.8 Å². The number of hydrogen-bond donors (Lipinski definition) is 0. The fraction of sp³-hybridized carbons (Fsp3) is 0.333. The van der Waals surface area contributed by atoms with Gasteiger partial charge in [-0.05, 0) is 45.9 Å². The summed E-state index contributed by atoms with van der Waals surface area (Å²) in [7, 11) is 0. The third kappa shape index (κ3) is 3.11. The van der Waals surface area contributed by atoms with Crippen LogP contribution in [0.1, 0.15) is 15.2 Å². The molecule has 4 nitrogen and oxygen atoms in total. The lowest BCUT2D eigenvalue weighted by Gasteiger charge is -2.35.